The molecule has 2 aromatic carbocycles. The van der Waals surface area contributed by atoms with E-state index in [9.17, 15) is 9.59 Å². The number of amides is 2. The van der Waals surface area contributed by atoms with Gasteiger partial charge in [0.25, 0.3) is 0 Å². The van der Waals surface area contributed by atoms with Crippen LogP contribution in [0.4, 0.5) is 11.4 Å². The molecule has 2 aliphatic rings. The van der Waals surface area contributed by atoms with Gasteiger partial charge in [-0.25, -0.2) is 0 Å². The zero-order chi connectivity index (χ0) is 20.5. The molecule has 5 nitrogen and oxygen atoms in total. The zero-order valence-electron chi connectivity index (χ0n) is 16.6. The molecule has 1 fully saturated rings. The molecule has 2 aliphatic heterocycles. The van der Waals surface area contributed by atoms with Crippen LogP contribution >= 0.6 is 23.4 Å². The molecule has 2 amide bonds. The van der Waals surface area contributed by atoms with Gasteiger partial charge in [-0.1, -0.05) is 23.7 Å². The zero-order valence-corrected chi connectivity index (χ0v) is 18.1. The normalized spacial score (nSPS) is 19.0. The highest BCUT2D eigenvalue weighted by atomic mass is 35.5. The molecule has 4 rings (SSSR count). The van der Waals surface area contributed by atoms with E-state index in [1.54, 1.807) is 12.1 Å². The van der Waals surface area contributed by atoms with Gasteiger partial charge in [-0.2, -0.15) is 0 Å². The lowest BCUT2D eigenvalue weighted by Crippen LogP contribution is -2.50. The number of carbonyl (C=O) groups is 2. The summed E-state index contributed by atoms with van der Waals surface area (Å²) in [6.45, 7) is 7.24. The fourth-order valence-corrected chi connectivity index (χ4v) is 5.07. The van der Waals surface area contributed by atoms with E-state index in [0.29, 0.717) is 18.1 Å². The molecular formula is C22H24ClN3O2S. The first kappa shape index (κ1) is 20.1. The number of rotatable bonds is 3. The predicted molar refractivity (Wildman–Crippen MR) is 119 cm³/mol. The van der Waals surface area contributed by atoms with Gasteiger partial charge in [-0.15, -0.1) is 11.8 Å². The first-order valence-electron chi connectivity index (χ1n) is 9.78. The Balaban J connectivity index is 1.36. The lowest BCUT2D eigenvalue weighted by Gasteiger charge is -2.37. The third-order valence-corrected chi connectivity index (χ3v) is 7.18. The standard InChI is InChI=1S/C22H24ClN3O2S/c1-14-4-3-5-18(15(14)2)25-8-10-26(11-9-25)21(27)13-20-22(28)24-17-12-16(23)6-7-19(17)29-20/h3-7,12,20H,8-11,13H2,1-2H3,(H,24,28)/t20-/m0/s1. The molecule has 7 heteroatoms. The molecule has 0 saturated carbocycles. The summed E-state index contributed by atoms with van der Waals surface area (Å²) in [6.07, 6.45) is 0.210. The summed E-state index contributed by atoms with van der Waals surface area (Å²) in [5.74, 6) is -0.0946. The maximum absolute atomic E-state index is 12.8. The van der Waals surface area contributed by atoms with Crippen molar-refractivity contribution in [2.24, 2.45) is 0 Å². The van der Waals surface area contributed by atoms with Gasteiger partial charge in [0.1, 0.15) is 0 Å². The number of nitrogens with zero attached hydrogens (tertiary/aromatic N) is 2. The summed E-state index contributed by atoms with van der Waals surface area (Å²) in [4.78, 5) is 30.4. The molecule has 29 heavy (non-hydrogen) atoms. The number of fused-ring (bicyclic) bond motifs is 1. The Kier molecular flexibility index (Phi) is 5.74. The minimum Gasteiger partial charge on any atom is -0.368 e. The average Bonchev–Trinajstić information content (AvgIpc) is 2.71. The van der Waals surface area contributed by atoms with Crippen LogP contribution in [0.1, 0.15) is 17.5 Å². The summed E-state index contributed by atoms with van der Waals surface area (Å²) < 4.78 is 0. The first-order valence-corrected chi connectivity index (χ1v) is 11.0. The van der Waals surface area contributed by atoms with E-state index in [1.165, 1.54) is 28.6 Å². The molecule has 0 spiro atoms. The Bertz CT molecular complexity index is 957. The molecule has 0 radical (unpaired) electrons. The van der Waals surface area contributed by atoms with Crippen molar-refractivity contribution in [3.8, 4) is 0 Å². The number of piperazine rings is 1. The average molecular weight is 430 g/mol. The Morgan fingerprint density at radius 1 is 1.17 bits per heavy atom. The molecule has 0 aliphatic carbocycles. The van der Waals surface area contributed by atoms with E-state index in [0.717, 1.165) is 23.7 Å². The van der Waals surface area contributed by atoms with Crippen molar-refractivity contribution >= 4 is 46.6 Å². The Labute approximate surface area is 180 Å². The number of halogens is 1. The van der Waals surface area contributed by atoms with Crippen molar-refractivity contribution in [2.75, 3.05) is 36.4 Å². The number of aryl methyl sites for hydroxylation is 1. The second-order valence-electron chi connectivity index (χ2n) is 7.53. The highest BCUT2D eigenvalue weighted by molar-refractivity contribution is 8.01. The number of thioether (sulfide) groups is 1. The number of hydrogen-bond acceptors (Lipinski definition) is 4. The van der Waals surface area contributed by atoms with Crippen LogP contribution < -0.4 is 10.2 Å². The number of anilines is 2. The van der Waals surface area contributed by atoms with E-state index < -0.39 is 5.25 Å². The predicted octanol–water partition coefficient (Wildman–Crippen LogP) is 4.11. The third kappa shape index (κ3) is 4.23. The van der Waals surface area contributed by atoms with Gasteiger partial charge in [0.15, 0.2) is 0 Å². The largest absolute Gasteiger partial charge is 0.368 e. The molecule has 0 bridgehead atoms. The van der Waals surface area contributed by atoms with E-state index in [4.69, 9.17) is 11.6 Å². The number of hydrogen-bond donors (Lipinski definition) is 1. The quantitative estimate of drug-likeness (QED) is 0.797. The molecule has 152 valence electrons. The Morgan fingerprint density at radius 2 is 1.93 bits per heavy atom. The Morgan fingerprint density at radius 3 is 2.69 bits per heavy atom. The smallest absolute Gasteiger partial charge is 0.238 e. The first-order chi connectivity index (χ1) is 13.9. The van der Waals surface area contributed by atoms with Crippen LogP contribution in [0.2, 0.25) is 5.02 Å². The van der Waals surface area contributed by atoms with E-state index >= 15 is 0 Å². The SMILES string of the molecule is Cc1cccc(N2CCN(C(=O)C[C@@H]3Sc4ccc(Cl)cc4NC3=O)CC2)c1C. The van der Waals surface area contributed by atoms with Gasteiger partial charge >= 0.3 is 0 Å². The van der Waals surface area contributed by atoms with Gasteiger partial charge in [-0.3, -0.25) is 9.59 Å². The highest BCUT2D eigenvalue weighted by Crippen LogP contribution is 2.38. The van der Waals surface area contributed by atoms with E-state index in [-0.39, 0.29) is 18.2 Å². The van der Waals surface area contributed by atoms with Crippen LogP contribution in [0.15, 0.2) is 41.3 Å². The van der Waals surface area contributed by atoms with Crippen molar-refractivity contribution in [1.82, 2.24) is 4.90 Å². The van der Waals surface area contributed by atoms with Crippen LogP contribution in [0, 0.1) is 13.8 Å². The van der Waals surface area contributed by atoms with Crippen LogP contribution in [-0.4, -0.2) is 48.1 Å². The van der Waals surface area contributed by atoms with Gasteiger partial charge < -0.3 is 15.1 Å². The minimum absolute atomic E-state index is 0.0377. The number of benzene rings is 2. The summed E-state index contributed by atoms with van der Waals surface area (Å²) in [5, 5.41) is 3.05. The van der Waals surface area contributed by atoms with E-state index in [2.05, 4.69) is 42.3 Å². The van der Waals surface area contributed by atoms with Crippen molar-refractivity contribution in [3.05, 3.63) is 52.5 Å². The van der Waals surface area contributed by atoms with Gasteiger partial charge in [0, 0.05) is 48.2 Å². The van der Waals surface area contributed by atoms with Crippen LogP contribution in [0.3, 0.4) is 0 Å². The molecule has 2 aromatic rings. The summed E-state index contributed by atoms with van der Waals surface area (Å²) in [6, 6.07) is 11.8. The van der Waals surface area contributed by atoms with Gasteiger partial charge in [-0.05, 0) is 49.2 Å². The monoisotopic (exact) mass is 429 g/mol. The summed E-state index contributed by atoms with van der Waals surface area (Å²) in [7, 11) is 0. The lowest BCUT2D eigenvalue weighted by molar-refractivity contribution is -0.132. The van der Waals surface area contributed by atoms with Crippen molar-refractivity contribution in [1.29, 1.82) is 0 Å². The molecule has 0 unspecified atom stereocenters. The van der Waals surface area contributed by atoms with Crippen LogP contribution in [0.5, 0.6) is 0 Å². The Hall–Kier alpha value is -2.18. The molecule has 0 aromatic heterocycles. The fourth-order valence-electron chi connectivity index (χ4n) is 3.82. The summed E-state index contributed by atoms with van der Waals surface area (Å²) in [5.41, 5.74) is 4.54. The number of nitrogens with one attached hydrogen (secondary N) is 1. The molecule has 1 atom stereocenters. The van der Waals surface area contributed by atoms with Gasteiger partial charge in [0.2, 0.25) is 11.8 Å². The molecule has 2 heterocycles. The third-order valence-electron chi connectivity index (χ3n) is 5.67. The fraction of sp³-hybridized carbons (Fsp3) is 0.364. The van der Waals surface area contributed by atoms with Crippen molar-refractivity contribution in [2.45, 2.75) is 30.4 Å². The maximum atomic E-state index is 12.8. The summed E-state index contributed by atoms with van der Waals surface area (Å²) >= 11 is 7.43. The topological polar surface area (TPSA) is 52.6 Å². The van der Waals surface area contributed by atoms with Crippen molar-refractivity contribution in [3.63, 3.8) is 0 Å². The second kappa shape index (κ2) is 8.28. The second-order valence-corrected chi connectivity index (χ2v) is 9.21. The van der Waals surface area contributed by atoms with Gasteiger partial charge in [0.05, 0.1) is 10.9 Å². The number of carbonyl (C=O) groups excluding carboxylic acids is 2. The van der Waals surface area contributed by atoms with Crippen LogP contribution in [-0.2, 0) is 9.59 Å². The maximum Gasteiger partial charge on any atom is 0.238 e. The van der Waals surface area contributed by atoms with Crippen LogP contribution in [0.25, 0.3) is 0 Å². The lowest BCUT2D eigenvalue weighted by atomic mass is 10.1. The minimum atomic E-state index is -0.409. The van der Waals surface area contributed by atoms with Crippen molar-refractivity contribution < 1.29 is 9.59 Å². The van der Waals surface area contributed by atoms with E-state index in [1.807, 2.05) is 11.0 Å². The molecule has 1 saturated heterocycles. The highest BCUT2D eigenvalue weighted by Gasteiger charge is 2.31. The molecule has 1 N–H and O–H groups in total. The molecular weight excluding hydrogens is 406 g/mol.